The fourth-order valence-corrected chi connectivity index (χ4v) is 2.70. The molecular formula is C15H32NO7P. The van der Waals surface area contributed by atoms with Crippen molar-refractivity contribution in [1.29, 1.82) is 0 Å². The van der Waals surface area contributed by atoms with Crippen LogP contribution in [0.5, 0.6) is 0 Å². The maximum Gasteiger partial charge on any atom is 0.472 e. The van der Waals surface area contributed by atoms with Gasteiger partial charge in [-0.15, -0.1) is 0 Å². The van der Waals surface area contributed by atoms with Crippen molar-refractivity contribution in [2.24, 2.45) is 5.73 Å². The Bertz CT molecular complexity index is 368. The Hall–Kier alpha value is -0.500. The SMILES string of the molecule is CCCCCCCCOCC(COP(=O)(O)OCCN)OC(C)=O. The van der Waals surface area contributed by atoms with Crippen LogP contribution in [0.1, 0.15) is 52.4 Å². The highest BCUT2D eigenvalue weighted by molar-refractivity contribution is 7.47. The molecule has 9 heteroatoms. The molecule has 0 heterocycles. The van der Waals surface area contributed by atoms with E-state index in [9.17, 15) is 14.3 Å². The van der Waals surface area contributed by atoms with Gasteiger partial charge in [-0.2, -0.15) is 0 Å². The predicted octanol–water partition coefficient (Wildman–Crippen LogP) is 2.39. The summed E-state index contributed by atoms with van der Waals surface area (Å²) in [6, 6.07) is 0. The van der Waals surface area contributed by atoms with E-state index in [1.807, 2.05) is 0 Å². The Balaban J connectivity index is 3.97. The van der Waals surface area contributed by atoms with Crippen LogP contribution in [-0.2, 0) is 27.9 Å². The molecule has 2 unspecified atom stereocenters. The molecule has 0 amide bonds. The van der Waals surface area contributed by atoms with Crippen LogP contribution in [0.2, 0.25) is 0 Å². The van der Waals surface area contributed by atoms with E-state index in [0.29, 0.717) is 6.61 Å². The van der Waals surface area contributed by atoms with Gasteiger partial charge in [0.2, 0.25) is 0 Å². The highest BCUT2D eigenvalue weighted by atomic mass is 31.2. The van der Waals surface area contributed by atoms with Gasteiger partial charge in [-0.25, -0.2) is 4.57 Å². The summed E-state index contributed by atoms with van der Waals surface area (Å²) in [5.41, 5.74) is 5.19. The van der Waals surface area contributed by atoms with Gasteiger partial charge in [0, 0.05) is 20.1 Å². The van der Waals surface area contributed by atoms with E-state index >= 15 is 0 Å². The molecule has 2 atom stereocenters. The minimum absolute atomic E-state index is 0.0967. The molecule has 0 radical (unpaired) electrons. The summed E-state index contributed by atoms with van der Waals surface area (Å²) < 4.78 is 31.4. The number of nitrogens with two attached hydrogens (primary N) is 1. The van der Waals surface area contributed by atoms with Gasteiger partial charge in [0.25, 0.3) is 0 Å². The lowest BCUT2D eigenvalue weighted by Gasteiger charge is -2.19. The van der Waals surface area contributed by atoms with Crippen molar-refractivity contribution in [3.63, 3.8) is 0 Å². The summed E-state index contributed by atoms with van der Waals surface area (Å²) in [6.45, 7) is 3.80. The number of esters is 1. The second-order valence-corrected chi connectivity index (χ2v) is 6.91. The second kappa shape index (κ2) is 14.8. The van der Waals surface area contributed by atoms with Crippen LogP contribution in [0.25, 0.3) is 0 Å². The molecule has 0 aliphatic carbocycles. The van der Waals surface area contributed by atoms with E-state index in [1.54, 1.807) is 0 Å². The minimum Gasteiger partial charge on any atom is -0.458 e. The zero-order chi connectivity index (χ0) is 18.3. The molecule has 144 valence electrons. The van der Waals surface area contributed by atoms with Gasteiger partial charge in [-0.05, 0) is 6.42 Å². The molecule has 0 saturated heterocycles. The molecule has 24 heavy (non-hydrogen) atoms. The van der Waals surface area contributed by atoms with Gasteiger partial charge in [-0.3, -0.25) is 13.8 Å². The molecular weight excluding hydrogens is 337 g/mol. The molecule has 0 aromatic carbocycles. The van der Waals surface area contributed by atoms with Gasteiger partial charge in [0.1, 0.15) is 6.10 Å². The smallest absolute Gasteiger partial charge is 0.458 e. The lowest BCUT2D eigenvalue weighted by atomic mass is 10.1. The molecule has 8 nitrogen and oxygen atoms in total. The average molecular weight is 369 g/mol. The van der Waals surface area contributed by atoms with Crippen molar-refractivity contribution in [1.82, 2.24) is 0 Å². The predicted molar refractivity (Wildman–Crippen MR) is 90.5 cm³/mol. The Morgan fingerprint density at radius 2 is 1.75 bits per heavy atom. The lowest BCUT2D eigenvalue weighted by molar-refractivity contribution is -0.151. The Morgan fingerprint density at radius 1 is 1.08 bits per heavy atom. The average Bonchev–Trinajstić information content (AvgIpc) is 2.52. The largest absolute Gasteiger partial charge is 0.472 e. The number of phosphoric acid groups is 1. The number of rotatable bonds is 16. The topological polar surface area (TPSA) is 117 Å². The van der Waals surface area contributed by atoms with E-state index in [4.69, 9.17) is 19.7 Å². The Labute approximate surface area is 144 Å². The van der Waals surface area contributed by atoms with Crippen LogP contribution in [0.15, 0.2) is 0 Å². The number of ether oxygens (including phenoxy) is 2. The van der Waals surface area contributed by atoms with Gasteiger partial charge in [-0.1, -0.05) is 39.0 Å². The normalized spacial score (nSPS) is 15.0. The summed E-state index contributed by atoms with van der Waals surface area (Å²) >= 11 is 0. The summed E-state index contributed by atoms with van der Waals surface area (Å²) in [5.74, 6) is -0.512. The third-order valence-electron chi connectivity index (χ3n) is 3.07. The fourth-order valence-electron chi connectivity index (χ4n) is 1.93. The standard InChI is InChI=1S/C15H32NO7P/c1-3-4-5-6-7-8-10-20-12-15(23-14(2)17)13-22-24(18,19)21-11-9-16/h15H,3-13,16H2,1-2H3,(H,18,19). The first-order chi connectivity index (χ1) is 11.4. The molecule has 3 N–H and O–H groups in total. The molecule has 0 aromatic rings. The maximum absolute atomic E-state index is 11.5. The van der Waals surface area contributed by atoms with E-state index in [2.05, 4.69) is 11.4 Å². The van der Waals surface area contributed by atoms with E-state index in [-0.39, 0.29) is 26.4 Å². The van der Waals surface area contributed by atoms with Crippen molar-refractivity contribution in [3.8, 4) is 0 Å². The number of phosphoric ester groups is 1. The first-order valence-corrected chi connectivity index (χ1v) is 9.97. The molecule has 0 fully saturated rings. The first kappa shape index (κ1) is 23.5. The van der Waals surface area contributed by atoms with Crippen molar-refractivity contribution < 1.29 is 32.8 Å². The van der Waals surface area contributed by atoms with Gasteiger partial charge >= 0.3 is 13.8 Å². The zero-order valence-corrected chi connectivity index (χ0v) is 15.7. The molecule has 0 bridgehead atoms. The summed E-state index contributed by atoms with van der Waals surface area (Å²) in [4.78, 5) is 20.5. The van der Waals surface area contributed by atoms with Crippen LogP contribution >= 0.6 is 7.82 Å². The zero-order valence-electron chi connectivity index (χ0n) is 14.8. The number of unbranched alkanes of at least 4 members (excludes halogenated alkanes) is 5. The van der Waals surface area contributed by atoms with Crippen molar-refractivity contribution >= 4 is 13.8 Å². The van der Waals surface area contributed by atoms with Gasteiger partial charge in [0.05, 0.1) is 19.8 Å². The highest BCUT2D eigenvalue weighted by Crippen LogP contribution is 2.42. The molecule has 0 aliphatic rings. The number of hydrogen-bond acceptors (Lipinski definition) is 7. The third kappa shape index (κ3) is 15.1. The quantitative estimate of drug-likeness (QED) is 0.242. The summed E-state index contributed by atoms with van der Waals surface area (Å²) in [5, 5.41) is 0. The number of hydrogen-bond donors (Lipinski definition) is 2. The highest BCUT2D eigenvalue weighted by Gasteiger charge is 2.24. The number of carbonyl (C=O) groups excluding carboxylic acids is 1. The van der Waals surface area contributed by atoms with Gasteiger partial charge < -0.3 is 20.1 Å². The van der Waals surface area contributed by atoms with Crippen LogP contribution in [0.4, 0.5) is 0 Å². The maximum atomic E-state index is 11.5. The van der Waals surface area contributed by atoms with E-state index in [0.717, 1.165) is 12.8 Å². The summed E-state index contributed by atoms with van der Waals surface area (Å²) in [7, 11) is -4.19. The van der Waals surface area contributed by atoms with E-state index < -0.39 is 19.9 Å². The van der Waals surface area contributed by atoms with Gasteiger partial charge in [0.15, 0.2) is 0 Å². The Kier molecular flexibility index (Phi) is 14.5. The number of carbonyl (C=O) groups is 1. The molecule has 0 rings (SSSR count). The van der Waals surface area contributed by atoms with Crippen LogP contribution in [0.3, 0.4) is 0 Å². The Morgan fingerprint density at radius 3 is 2.38 bits per heavy atom. The van der Waals surface area contributed by atoms with E-state index in [1.165, 1.54) is 32.6 Å². The van der Waals surface area contributed by atoms with Crippen LogP contribution in [0, 0.1) is 0 Å². The summed E-state index contributed by atoms with van der Waals surface area (Å²) in [6.07, 6.45) is 6.13. The molecule has 0 spiro atoms. The van der Waals surface area contributed by atoms with Crippen LogP contribution < -0.4 is 5.73 Å². The van der Waals surface area contributed by atoms with Crippen molar-refractivity contribution in [2.75, 3.05) is 33.0 Å². The van der Waals surface area contributed by atoms with Crippen LogP contribution in [-0.4, -0.2) is 49.9 Å². The monoisotopic (exact) mass is 369 g/mol. The van der Waals surface area contributed by atoms with Crippen molar-refractivity contribution in [2.45, 2.75) is 58.5 Å². The molecule has 0 aromatic heterocycles. The first-order valence-electron chi connectivity index (χ1n) is 8.48. The third-order valence-corrected chi connectivity index (χ3v) is 4.06. The lowest BCUT2D eigenvalue weighted by Crippen LogP contribution is -2.27. The van der Waals surface area contributed by atoms with Crippen molar-refractivity contribution in [3.05, 3.63) is 0 Å². The fraction of sp³-hybridized carbons (Fsp3) is 0.933. The molecule has 0 aliphatic heterocycles. The second-order valence-electron chi connectivity index (χ2n) is 5.46. The minimum atomic E-state index is -4.19. The molecule has 0 saturated carbocycles.